The largest absolute Gasteiger partial charge is 0.487 e. The van der Waals surface area contributed by atoms with Crippen LogP contribution in [0.1, 0.15) is 144 Å². The average molecular weight is 1410 g/mol. The van der Waals surface area contributed by atoms with Crippen molar-refractivity contribution in [3.05, 3.63) is 143 Å². The van der Waals surface area contributed by atoms with Crippen LogP contribution < -0.4 is 57.7 Å². The highest BCUT2D eigenvalue weighted by Crippen LogP contribution is 2.46. The monoisotopic (exact) mass is 1410 g/mol. The number of anilines is 3. The van der Waals surface area contributed by atoms with E-state index in [0.29, 0.717) is 90.2 Å². The van der Waals surface area contributed by atoms with E-state index in [9.17, 15) is 39.0 Å². The zero-order valence-electron chi connectivity index (χ0n) is 58.5. The Bertz CT molecular complexity index is 4170. The average Bonchev–Trinajstić information content (AvgIpc) is 1.01. The van der Waals surface area contributed by atoms with Crippen molar-refractivity contribution in [1.82, 2.24) is 61.7 Å². The topological polar surface area (TPSA) is 373 Å². The number of nitrogens with two attached hydrogens (primary N) is 2. The molecule has 0 radical (unpaired) electrons. The van der Waals surface area contributed by atoms with Crippen molar-refractivity contribution in [3.63, 3.8) is 0 Å². The number of aliphatic hydroxyl groups excluding tert-OH is 1. The summed E-state index contributed by atoms with van der Waals surface area (Å²) in [6, 6.07) is 25.1. The number of nitrogens with zero attached hydrogens (tertiary/aromatic N) is 8. The van der Waals surface area contributed by atoms with Gasteiger partial charge in [0, 0.05) is 110 Å². The molecule has 4 saturated heterocycles. The first-order valence-corrected chi connectivity index (χ1v) is 36.0. The third kappa shape index (κ3) is 15.1. The Morgan fingerprint density at radius 3 is 2.46 bits per heavy atom. The summed E-state index contributed by atoms with van der Waals surface area (Å²) in [4.78, 5) is 95.0. The van der Waals surface area contributed by atoms with E-state index in [0.717, 1.165) is 45.8 Å². The molecule has 4 aromatic heterocycles. The molecule has 102 heavy (non-hydrogen) atoms. The number of thiazole rings is 1. The predicted molar refractivity (Wildman–Crippen MR) is 384 cm³/mol. The molecule has 5 aliphatic rings. The van der Waals surface area contributed by atoms with E-state index in [1.54, 1.807) is 29.8 Å². The molecule has 540 valence electrons. The predicted octanol–water partition coefficient (Wildman–Crippen LogP) is 7.35. The summed E-state index contributed by atoms with van der Waals surface area (Å²) in [7, 11) is 0. The SMILES string of the molecule is Cc1ncsc1-c1ccc([C@H](C)NC(=O)[C@@H]2C[C@@H](O)CN2C(=O)[C@@H](c2cc([C@H](C)[C@]3(C)CNCCN3[C@@H](C)Oc3cc([C@H]4[C@@H]5CC[C@@H](CN4c4ccnnc4-c4cccc(OCc6ccccc6N[C@H](CNC(N)=O)C[C@@H](C=O)NC(=O)C6(C(=O)O)CCC6)c4N)N5)ccn3)no2)C(C)C)cc1. The van der Waals surface area contributed by atoms with Crippen LogP contribution >= 0.6 is 11.3 Å². The van der Waals surface area contributed by atoms with Gasteiger partial charge in [-0.1, -0.05) is 86.9 Å². The van der Waals surface area contributed by atoms with Crippen LogP contribution in [0.4, 0.5) is 21.9 Å². The first-order valence-electron chi connectivity index (χ1n) is 35.1. The lowest BCUT2D eigenvalue weighted by molar-refractivity contribution is -0.162. The fourth-order valence-corrected chi connectivity index (χ4v) is 16.2. The maximum Gasteiger partial charge on any atom is 0.319 e. The molecule has 0 unspecified atom stereocenters. The van der Waals surface area contributed by atoms with Gasteiger partial charge in [0.25, 0.3) is 0 Å². The fourth-order valence-electron chi connectivity index (χ4n) is 15.4. The number of urea groups is 1. The molecule has 27 nitrogen and oxygen atoms in total. The lowest BCUT2D eigenvalue weighted by Crippen LogP contribution is -2.65. The number of rotatable bonds is 28. The number of aliphatic hydroxyl groups is 1. The van der Waals surface area contributed by atoms with E-state index in [1.165, 1.54) is 4.90 Å². The number of nitrogen functional groups attached to an aromatic ring is 1. The number of aryl methyl sites for hydroxylation is 1. The lowest BCUT2D eigenvalue weighted by Gasteiger charge is -2.50. The van der Waals surface area contributed by atoms with Gasteiger partial charge in [-0.25, -0.2) is 14.8 Å². The molecule has 2 bridgehead atoms. The highest BCUT2D eigenvalue weighted by Gasteiger charge is 2.52. The van der Waals surface area contributed by atoms with Gasteiger partial charge in [0.15, 0.2) is 6.23 Å². The number of carboxylic acids is 1. The minimum Gasteiger partial charge on any atom is -0.487 e. The maximum atomic E-state index is 14.8. The Labute approximate surface area is 596 Å². The Morgan fingerprint density at radius 2 is 1.74 bits per heavy atom. The number of ether oxygens (including phenoxy) is 2. The number of hydrogen-bond donors (Lipinski definition) is 10. The molecule has 5 amide bonds. The summed E-state index contributed by atoms with van der Waals surface area (Å²) in [5.74, 6) is -2.65. The number of aliphatic carboxylic acids is 1. The smallest absolute Gasteiger partial charge is 0.319 e. The Balaban J connectivity index is 0.720. The van der Waals surface area contributed by atoms with Crippen LogP contribution in [0.15, 0.2) is 113 Å². The molecule has 1 aliphatic carbocycles. The summed E-state index contributed by atoms with van der Waals surface area (Å²) in [6.07, 6.45) is 5.60. The van der Waals surface area contributed by atoms with Gasteiger partial charge in [-0.05, 0) is 107 Å². The first-order chi connectivity index (χ1) is 49.0. The molecule has 5 fully saturated rings. The van der Waals surface area contributed by atoms with Gasteiger partial charge in [-0.15, -0.1) is 16.4 Å². The lowest BCUT2D eigenvalue weighted by atomic mass is 9.68. The summed E-state index contributed by atoms with van der Waals surface area (Å²) < 4.78 is 19.6. The Morgan fingerprint density at radius 1 is 0.941 bits per heavy atom. The molecule has 1 saturated carbocycles. The van der Waals surface area contributed by atoms with E-state index >= 15 is 0 Å². The Kier molecular flexibility index (Phi) is 21.9. The number of fused-ring (bicyclic) bond motifs is 2. The number of carboxylic acid groups (broad SMARTS) is 1. The number of benzene rings is 3. The molecular formula is C74H92N16O11S. The number of para-hydroxylation sites is 2. The number of carbonyl (C=O) groups is 6. The van der Waals surface area contributed by atoms with Gasteiger partial charge in [-0.3, -0.25) is 24.1 Å². The van der Waals surface area contributed by atoms with Gasteiger partial charge in [0.2, 0.25) is 23.6 Å². The minimum absolute atomic E-state index is 0.00740. The van der Waals surface area contributed by atoms with Crippen LogP contribution in [0.3, 0.4) is 0 Å². The van der Waals surface area contributed by atoms with Gasteiger partial charge < -0.3 is 82.2 Å². The zero-order chi connectivity index (χ0) is 72.1. The van der Waals surface area contributed by atoms with Crippen molar-refractivity contribution in [2.45, 2.75) is 172 Å². The molecule has 12 N–H and O–H groups in total. The van der Waals surface area contributed by atoms with Gasteiger partial charge in [0.05, 0.1) is 63.6 Å². The van der Waals surface area contributed by atoms with Crippen molar-refractivity contribution in [1.29, 1.82) is 0 Å². The number of pyridine rings is 1. The van der Waals surface area contributed by atoms with Crippen molar-refractivity contribution in [2.24, 2.45) is 17.1 Å². The van der Waals surface area contributed by atoms with E-state index in [1.807, 2.05) is 125 Å². The number of aromatic nitrogens is 5. The highest BCUT2D eigenvalue weighted by atomic mass is 32.1. The fraction of sp³-hybridized carbons (Fsp3) is 0.473. The van der Waals surface area contributed by atoms with Gasteiger partial charge in [-0.2, -0.15) is 5.10 Å². The molecule has 7 aromatic rings. The third-order valence-electron chi connectivity index (χ3n) is 21.4. The molecule has 12 rings (SSSR count). The number of primary amides is 1. The summed E-state index contributed by atoms with van der Waals surface area (Å²) in [6.45, 7) is 16.7. The third-order valence-corrected chi connectivity index (χ3v) is 22.4. The van der Waals surface area contributed by atoms with Crippen LogP contribution in [0, 0.1) is 18.3 Å². The standard InChI is InChI=1S/C74H92N16O11S/c1-41(2)63(69(94)89-36-53(92)32-59(89)68(93)82-43(4)46-16-18-47(19-17-46)67-44(5)80-40-102-67)61-33-57(87-101-61)42(3)73(7)39-77-28-29-90(73)45(6)100-62-30-48(22-26-78-62)66-56-21-20-50(83-56)35-88(66)58-23-27-81-86-65(58)54-13-10-15-60(64(54)75)99-38-49-12-8-9-14-55(49)84-51(34-79-72(76)98)31-52(37-91)85-70(95)74(71(96)97)24-11-25-74/h8-10,12-19,22-23,26-27,30,33,37,40-43,45,50-53,56,59,63,66,77,83-84,92H,11,20-21,24-25,28-29,31-32,34-36,38-39,75H2,1-7H3,(H,82,93)(H,85,95)(H,96,97)(H3,76,79,98)/t42-,43-,45+,50-,51-,52-,53+,56-,59-,63+,66-,73-/m0/s1. The number of likely N-dealkylation sites (tertiary alicyclic amines) is 1. The van der Waals surface area contributed by atoms with E-state index < -0.39 is 65.2 Å². The number of carbonyl (C=O) groups excluding carboxylic acids is 5. The first kappa shape index (κ1) is 72.2. The normalized spacial score (nSPS) is 22.7. The number of β-amino-alcohol motifs (C(OH)–C–C–N with tert-alkyl or cyclic N) is 1. The number of piperazine rings is 2. The van der Waals surface area contributed by atoms with Crippen LogP contribution in [0.25, 0.3) is 21.7 Å². The second kappa shape index (κ2) is 30.9. The molecular weight excluding hydrogens is 1320 g/mol. The van der Waals surface area contributed by atoms with Crippen molar-refractivity contribution >= 4 is 64.4 Å². The minimum atomic E-state index is -1.58. The number of aldehydes is 1. The Hall–Kier alpha value is -9.61. The van der Waals surface area contributed by atoms with Crippen LogP contribution in [-0.2, 0) is 30.6 Å². The highest BCUT2D eigenvalue weighted by molar-refractivity contribution is 7.13. The zero-order valence-corrected chi connectivity index (χ0v) is 59.3. The van der Waals surface area contributed by atoms with Gasteiger partial charge in [0.1, 0.15) is 47.5 Å². The summed E-state index contributed by atoms with van der Waals surface area (Å²) in [5.41, 5.74) is 20.4. The molecule has 3 aromatic carbocycles. The molecule has 12 atom stereocenters. The van der Waals surface area contributed by atoms with Crippen LogP contribution in [0.2, 0.25) is 0 Å². The van der Waals surface area contributed by atoms with Crippen LogP contribution in [-0.4, -0.2) is 169 Å². The second-order valence-corrected chi connectivity index (χ2v) is 29.2. The van der Waals surface area contributed by atoms with Gasteiger partial charge >= 0.3 is 12.0 Å². The number of nitrogens with one attached hydrogen (secondary N) is 6. The summed E-state index contributed by atoms with van der Waals surface area (Å²) >= 11 is 1.58. The summed E-state index contributed by atoms with van der Waals surface area (Å²) in [5, 5.41) is 53.9. The van der Waals surface area contributed by atoms with Crippen molar-refractivity contribution < 1.29 is 53.0 Å². The van der Waals surface area contributed by atoms with Crippen LogP contribution in [0.5, 0.6) is 11.6 Å². The molecule has 28 heteroatoms. The number of amides is 5. The van der Waals surface area contributed by atoms with E-state index in [2.05, 4.69) is 70.8 Å². The number of hydrogen-bond acceptors (Lipinski definition) is 22. The molecule has 8 heterocycles. The van der Waals surface area contributed by atoms with Crippen molar-refractivity contribution in [3.8, 4) is 33.3 Å². The van der Waals surface area contributed by atoms with E-state index in [4.69, 9.17) is 35.5 Å². The van der Waals surface area contributed by atoms with E-state index in [-0.39, 0.29) is 93.2 Å². The second-order valence-electron chi connectivity index (χ2n) is 28.3. The van der Waals surface area contributed by atoms with Crippen molar-refractivity contribution in [2.75, 3.05) is 55.2 Å². The molecule has 0 spiro atoms. The maximum absolute atomic E-state index is 14.8. The quantitative estimate of drug-likeness (QED) is 0.0130. The molecule has 4 aliphatic heterocycles.